The molecule has 2 N–H and O–H groups in total. The molecule has 0 aliphatic rings. The number of hydrogen-bond donors (Lipinski definition) is 2. The number of carbonyl (C=O) groups is 1. The van der Waals surface area contributed by atoms with E-state index in [4.69, 9.17) is 0 Å². The number of hydrogen-bond acceptors (Lipinski definition) is 5. The molecule has 0 amide bonds. The largest absolute Gasteiger partial charge is 0.464 e. The van der Waals surface area contributed by atoms with Gasteiger partial charge in [0.05, 0.1) is 28.6 Å². The first kappa shape index (κ1) is 22.4. The summed E-state index contributed by atoms with van der Waals surface area (Å²) >= 11 is 0. The number of nitrogens with one attached hydrogen (secondary N) is 2. The van der Waals surface area contributed by atoms with E-state index in [1.807, 2.05) is 4.72 Å². The van der Waals surface area contributed by atoms with Gasteiger partial charge >= 0.3 is 18.3 Å². The van der Waals surface area contributed by atoms with Crippen LogP contribution in [0.5, 0.6) is 0 Å². The van der Waals surface area contributed by atoms with E-state index in [-0.39, 0.29) is 35.0 Å². The van der Waals surface area contributed by atoms with Crippen LogP contribution in [0.4, 0.5) is 32.0 Å². The van der Waals surface area contributed by atoms with Gasteiger partial charge in [-0.25, -0.2) is 13.2 Å². The third-order valence-corrected chi connectivity index (χ3v) is 5.43. The maximum Gasteiger partial charge on any atom is 0.416 e. The molecule has 0 fully saturated rings. The van der Waals surface area contributed by atoms with Crippen LogP contribution in [-0.4, -0.2) is 31.7 Å². The van der Waals surface area contributed by atoms with Crippen LogP contribution >= 0.6 is 0 Å². The number of anilines is 1. The van der Waals surface area contributed by atoms with Gasteiger partial charge in [0.25, 0.3) is 10.0 Å². The van der Waals surface area contributed by atoms with Crippen LogP contribution in [0.3, 0.4) is 0 Å². The van der Waals surface area contributed by atoms with Crippen molar-refractivity contribution >= 4 is 32.6 Å². The molecule has 0 unspecified atom stereocenters. The summed E-state index contributed by atoms with van der Waals surface area (Å²) in [5.74, 6) is -0.848. The molecule has 3 rings (SSSR count). The second kappa shape index (κ2) is 7.44. The Bertz CT molecular complexity index is 1230. The summed E-state index contributed by atoms with van der Waals surface area (Å²) in [6.07, 6.45) is -10.4. The van der Waals surface area contributed by atoms with E-state index in [1.165, 1.54) is 12.1 Å². The summed E-state index contributed by atoms with van der Waals surface area (Å²) in [6, 6.07) is 3.61. The van der Waals surface area contributed by atoms with E-state index in [9.17, 15) is 39.6 Å². The van der Waals surface area contributed by atoms with Crippen LogP contribution in [-0.2, 0) is 27.1 Å². The van der Waals surface area contributed by atoms with Crippen molar-refractivity contribution in [3.05, 3.63) is 53.2 Å². The first-order chi connectivity index (χ1) is 14.2. The number of rotatable bonds is 4. The molecule has 1 heterocycles. The molecule has 31 heavy (non-hydrogen) atoms. The van der Waals surface area contributed by atoms with Crippen molar-refractivity contribution in [2.45, 2.75) is 17.2 Å². The summed E-state index contributed by atoms with van der Waals surface area (Å²) in [5.41, 5.74) is -3.68. The average molecular weight is 467 g/mol. The molecule has 2 aromatic carbocycles. The Hall–Kier alpha value is -3.29. The van der Waals surface area contributed by atoms with Gasteiger partial charge in [-0.05, 0) is 36.4 Å². The maximum absolute atomic E-state index is 13.0. The highest BCUT2D eigenvalue weighted by molar-refractivity contribution is 7.92. The number of ether oxygens (including phenoxy) is 1. The highest BCUT2D eigenvalue weighted by Crippen LogP contribution is 2.37. The third-order valence-electron chi connectivity index (χ3n) is 4.07. The number of benzene rings is 2. The van der Waals surface area contributed by atoms with E-state index in [2.05, 4.69) is 14.9 Å². The molecule has 0 atom stereocenters. The van der Waals surface area contributed by atoms with Crippen molar-refractivity contribution in [2.24, 2.45) is 0 Å². The summed E-state index contributed by atoms with van der Waals surface area (Å²) in [7, 11) is -3.78. The van der Waals surface area contributed by atoms with Gasteiger partial charge in [-0.2, -0.15) is 31.4 Å². The lowest BCUT2D eigenvalue weighted by atomic mass is 10.1. The zero-order chi connectivity index (χ0) is 23.2. The van der Waals surface area contributed by atoms with Gasteiger partial charge in [0.15, 0.2) is 5.69 Å². The van der Waals surface area contributed by atoms with E-state index in [0.29, 0.717) is 5.52 Å². The summed E-state index contributed by atoms with van der Waals surface area (Å²) in [4.78, 5) is 10.5. The first-order valence-electron chi connectivity index (χ1n) is 8.11. The molecule has 1 aromatic heterocycles. The molecule has 0 spiro atoms. The Kier molecular flexibility index (Phi) is 5.38. The second-order valence-corrected chi connectivity index (χ2v) is 7.85. The molecule has 0 bridgehead atoms. The number of sulfonamides is 1. The fraction of sp³-hybridized carbons (Fsp3) is 0.176. The zero-order valence-electron chi connectivity index (χ0n) is 15.2. The second-order valence-electron chi connectivity index (χ2n) is 6.17. The predicted molar refractivity (Wildman–Crippen MR) is 94.7 cm³/mol. The quantitative estimate of drug-likeness (QED) is 0.443. The standard InChI is InChI=1S/C17H11F6N3O4S/c1-30-15(27)14-12-7-10(2-3-13(12)24-25-14)26-31(28,29)11-5-8(16(18,19)20)4-9(6-11)17(21,22)23/h2-7,26H,1H3,(H,24,25). The number of fused-ring (bicyclic) bond motifs is 1. The van der Waals surface area contributed by atoms with Gasteiger partial charge in [0.1, 0.15) is 0 Å². The van der Waals surface area contributed by atoms with Gasteiger partial charge in [-0.15, -0.1) is 0 Å². The van der Waals surface area contributed by atoms with Crippen molar-refractivity contribution in [3.8, 4) is 0 Å². The van der Waals surface area contributed by atoms with Gasteiger partial charge in [0, 0.05) is 11.1 Å². The van der Waals surface area contributed by atoms with Gasteiger partial charge in [0.2, 0.25) is 0 Å². The van der Waals surface area contributed by atoms with Crippen molar-refractivity contribution in [1.29, 1.82) is 0 Å². The molecule has 14 heteroatoms. The molecule has 0 saturated carbocycles. The van der Waals surface area contributed by atoms with Crippen molar-refractivity contribution in [3.63, 3.8) is 0 Å². The third kappa shape index (κ3) is 4.57. The smallest absolute Gasteiger partial charge is 0.416 e. The van der Waals surface area contributed by atoms with Crippen LogP contribution in [0.1, 0.15) is 21.6 Å². The zero-order valence-corrected chi connectivity index (χ0v) is 16.0. The van der Waals surface area contributed by atoms with Crippen molar-refractivity contribution in [1.82, 2.24) is 10.2 Å². The van der Waals surface area contributed by atoms with E-state index >= 15 is 0 Å². The molecule has 0 aliphatic heterocycles. The predicted octanol–water partition coefficient (Wildman–Crippen LogP) is 4.19. The summed E-state index contributed by atoms with van der Waals surface area (Å²) in [6.45, 7) is 0. The molecule has 166 valence electrons. The Labute approximate surface area is 170 Å². The van der Waals surface area contributed by atoms with Gasteiger partial charge < -0.3 is 4.74 Å². The van der Waals surface area contributed by atoms with Crippen LogP contribution < -0.4 is 4.72 Å². The molecule has 7 nitrogen and oxygen atoms in total. The fourth-order valence-electron chi connectivity index (χ4n) is 2.63. The molecule has 0 aliphatic carbocycles. The topological polar surface area (TPSA) is 101 Å². The highest BCUT2D eigenvalue weighted by atomic mass is 32.2. The van der Waals surface area contributed by atoms with E-state index in [0.717, 1.165) is 13.2 Å². The average Bonchev–Trinajstić information content (AvgIpc) is 3.08. The SMILES string of the molecule is COC(=O)c1n[nH]c2ccc(NS(=O)(=O)c3cc(C(F)(F)F)cc(C(F)(F)F)c3)cc12. The minimum Gasteiger partial charge on any atom is -0.464 e. The Morgan fingerprint density at radius 1 is 1.00 bits per heavy atom. The minimum absolute atomic E-state index is 0.0911. The summed E-state index contributed by atoms with van der Waals surface area (Å²) < 4.78 is 110. The molecule has 0 radical (unpaired) electrons. The van der Waals surface area contributed by atoms with E-state index < -0.39 is 44.4 Å². The number of alkyl halides is 6. The number of aromatic nitrogens is 2. The molecule has 3 aromatic rings. The summed E-state index contributed by atoms with van der Waals surface area (Å²) in [5, 5.41) is 6.33. The number of nitrogens with zero attached hydrogens (tertiary/aromatic N) is 1. The lowest BCUT2D eigenvalue weighted by Gasteiger charge is -2.15. The first-order valence-corrected chi connectivity index (χ1v) is 9.59. The number of esters is 1. The molecular weight excluding hydrogens is 456 g/mol. The van der Waals surface area contributed by atoms with Gasteiger partial charge in [-0.3, -0.25) is 9.82 Å². The van der Waals surface area contributed by atoms with Crippen LogP contribution in [0, 0.1) is 0 Å². The molecule has 0 saturated heterocycles. The Balaban J connectivity index is 2.07. The normalized spacial score (nSPS) is 12.7. The lowest BCUT2D eigenvalue weighted by Crippen LogP contribution is -2.17. The van der Waals surface area contributed by atoms with Crippen molar-refractivity contribution < 1.29 is 44.3 Å². The van der Waals surface area contributed by atoms with E-state index in [1.54, 1.807) is 0 Å². The van der Waals surface area contributed by atoms with Gasteiger partial charge in [-0.1, -0.05) is 0 Å². The Morgan fingerprint density at radius 3 is 2.10 bits per heavy atom. The Morgan fingerprint density at radius 2 is 1.58 bits per heavy atom. The maximum atomic E-state index is 13.0. The molecular formula is C17H11F6N3O4S. The minimum atomic E-state index is -5.21. The number of aromatic amines is 1. The van der Waals surface area contributed by atoms with Crippen molar-refractivity contribution in [2.75, 3.05) is 11.8 Å². The number of halogens is 6. The van der Waals surface area contributed by atoms with Crippen LogP contribution in [0.2, 0.25) is 0 Å². The number of methoxy groups -OCH3 is 1. The number of carbonyl (C=O) groups excluding carboxylic acids is 1. The highest BCUT2D eigenvalue weighted by Gasteiger charge is 2.38. The van der Waals surface area contributed by atoms with Crippen LogP contribution in [0.25, 0.3) is 10.9 Å². The monoisotopic (exact) mass is 467 g/mol. The fourth-order valence-corrected chi connectivity index (χ4v) is 3.74. The lowest BCUT2D eigenvalue weighted by molar-refractivity contribution is -0.143. The van der Waals surface area contributed by atoms with Crippen LogP contribution in [0.15, 0.2) is 41.3 Å². The number of H-pyrrole nitrogens is 1.